The highest BCUT2D eigenvalue weighted by Gasteiger charge is 2.25. The average Bonchev–Trinajstić information content (AvgIpc) is 2.16. The molecule has 6 nitrogen and oxygen atoms in total. The van der Waals surface area contributed by atoms with E-state index in [1.54, 1.807) is 0 Å². The fourth-order valence-corrected chi connectivity index (χ4v) is 3.38. The predicted molar refractivity (Wildman–Crippen MR) is 57.6 cm³/mol. The number of nitrogens with zero attached hydrogens (tertiary/aromatic N) is 3. The highest BCUT2D eigenvalue weighted by atomic mass is 28.3. The topological polar surface area (TPSA) is 45.8 Å². The van der Waals surface area contributed by atoms with E-state index in [4.69, 9.17) is 0 Å². The summed E-state index contributed by atoms with van der Waals surface area (Å²) in [6.07, 6.45) is 0. The van der Waals surface area contributed by atoms with Crippen molar-refractivity contribution in [3.05, 3.63) is 0 Å². The van der Waals surface area contributed by atoms with Crippen LogP contribution >= 0.6 is 0 Å². The first-order valence-corrected chi connectivity index (χ1v) is 5.84. The van der Waals surface area contributed by atoms with Crippen LogP contribution in [0.15, 0.2) is 0 Å². The third-order valence-electron chi connectivity index (χ3n) is 2.10. The van der Waals surface area contributed by atoms with Gasteiger partial charge in [-0.1, -0.05) is 0 Å². The summed E-state index contributed by atoms with van der Waals surface area (Å²) >= 11 is 0. The molecule has 0 fully saturated rings. The van der Waals surface area contributed by atoms with Crippen LogP contribution in [0.1, 0.15) is 0 Å². The largest absolute Gasteiger partial charge is 0.313 e. The Kier molecular flexibility index (Phi) is 6.42. The van der Waals surface area contributed by atoms with Crippen LogP contribution in [-0.4, -0.2) is 65.6 Å². The Hall–Kier alpha value is -0.0231. The van der Waals surface area contributed by atoms with Gasteiger partial charge < -0.3 is 0 Å². The summed E-state index contributed by atoms with van der Waals surface area (Å²) in [7, 11) is 10.5. The lowest BCUT2D eigenvalue weighted by molar-refractivity contribution is 0.244. The van der Waals surface area contributed by atoms with Crippen molar-refractivity contribution < 1.29 is 0 Å². The van der Waals surface area contributed by atoms with Crippen LogP contribution < -0.4 is 16.3 Å². The minimum Gasteiger partial charge on any atom is -0.263 e. The molecule has 0 rings (SSSR count). The van der Waals surface area contributed by atoms with Crippen LogP contribution in [0.2, 0.25) is 0 Å². The zero-order valence-electron chi connectivity index (χ0n) is 9.42. The van der Waals surface area contributed by atoms with E-state index >= 15 is 0 Å². The minimum absolute atomic E-state index is 1.35. The SMILES string of the molecule is CNN(C)[SiH](N(C)NC)N(C)NC. The van der Waals surface area contributed by atoms with Gasteiger partial charge in [0.25, 0.3) is 0 Å². The second-order valence-electron chi connectivity index (χ2n) is 2.85. The molecule has 0 saturated carbocycles. The van der Waals surface area contributed by atoms with Crippen molar-refractivity contribution in [3.8, 4) is 0 Å². The van der Waals surface area contributed by atoms with Crippen molar-refractivity contribution in [1.29, 1.82) is 0 Å². The molecule has 0 atom stereocenters. The Bertz CT molecular complexity index is 111. The monoisotopic (exact) mass is 206 g/mol. The van der Waals surface area contributed by atoms with Gasteiger partial charge in [0.1, 0.15) is 0 Å². The molecule has 0 aliphatic heterocycles. The molecule has 13 heavy (non-hydrogen) atoms. The molecular weight excluding hydrogens is 184 g/mol. The molecule has 7 heteroatoms. The van der Waals surface area contributed by atoms with Crippen LogP contribution in [0.4, 0.5) is 0 Å². The first-order valence-electron chi connectivity index (χ1n) is 4.29. The maximum absolute atomic E-state index is 3.13. The van der Waals surface area contributed by atoms with E-state index in [0.717, 1.165) is 0 Å². The quantitative estimate of drug-likeness (QED) is 0.342. The molecule has 0 bridgehead atoms. The zero-order valence-corrected chi connectivity index (χ0v) is 10.6. The highest BCUT2D eigenvalue weighted by Crippen LogP contribution is 1.93. The molecule has 0 aromatic rings. The average molecular weight is 206 g/mol. The van der Waals surface area contributed by atoms with Crippen LogP contribution in [0.3, 0.4) is 0 Å². The smallest absolute Gasteiger partial charge is 0.263 e. The van der Waals surface area contributed by atoms with Gasteiger partial charge in [0.15, 0.2) is 0 Å². The van der Waals surface area contributed by atoms with E-state index in [-0.39, 0.29) is 0 Å². The van der Waals surface area contributed by atoms with Gasteiger partial charge in [-0.3, -0.25) is 16.3 Å². The minimum atomic E-state index is -1.35. The van der Waals surface area contributed by atoms with Crippen molar-refractivity contribution in [3.63, 3.8) is 0 Å². The predicted octanol–water partition coefficient (Wildman–Crippen LogP) is -2.10. The van der Waals surface area contributed by atoms with Crippen LogP contribution in [-0.2, 0) is 0 Å². The maximum Gasteiger partial charge on any atom is 0.313 e. The summed E-state index contributed by atoms with van der Waals surface area (Å²) in [5.41, 5.74) is 9.38. The Labute approximate surface area is 82.6 Å². The van der Waals surface area contributed by atoms with Gasteiger partial charge >= 0.3 is 9.28 Å². The molecule has 0 amide bonds. The van der Waals surface area contributed by atoms with E-state index in [2.05, 4.69) is 30.3 Å². The molecule has 80 valence electrons. The Morgan fingerprint density at radius 1 is 0.692 bits per heavy atom. The van der Waals surface area contributed by atoms with Crippen molar-refractivity contribution >= 4 is 9.28 Å². The molecule has 0 aromatic carbocycles. The van der Waals surface area contributed by atoms with Crippen LogP contribution in [0, 0.1) is 0 Å². The van der Waals surface area contributed by atoms with Crippen molar-refractivity contribution in [1.82, 2.24) is 30.3 Å². The van der Waals surface area contributed by atoms with E-state index < -0.39 is 9.28 Å². The second kappa shape index (κ2) is 6.43. The van der Waals surface area contributed by atoms with E-state index in [9.17, 15) is 0 Å². The molecular formula is C6H22N6Si. The van der Waals surface area contributed by atoms with Crippen molar-refractivity contribution in [2.45, 2.75) is 0 Å². The fourth-order valence-electron chi connectivity index (χ4n) is 1.13. The lowest BCUT2D eigenvalue weighted by Gasteiger charge is -2.37. The van der Waals surface area contributed by atoms with Gasteiger partial charge in [-0.15, -0.1) is 0 Å². The number of hydrogen-bond acceptors (Lipinski definition) is 6. The summed E-state index contributed by atoms with van der Waals surface area (Å²) in [5.74, 6) is 0. The van der Waals surface area contributed by atoms with Gasteiger partial charge in [0.05, 0.1) is 0 Å². The number of rotatable bonds is 6. The first kappa shape index (κ1) is 13.0. The number of hydrogen-bond donors (Lipinski definition) is 3. The van der Waals surface area contributed by atoms with Crippen LogP contribution in [0.5, 0.6) is 0 Å². The third kappa shape index (κ3) is 3.69. The molecule has 0 radical (unpaired) electrons. The molecule has 0 unspecified atom stereocenters. The van der Waals surface area contributed by atoms with E-state index in [1.807, 2.05) is 42.3 Å². The molecule has 0 spiro atoms. The van der Waals surface area contributed by atoms with E-state index in [1.165, 1.54) is 0 Å². The first-order chi connectivity index (χ1) is 6.08. The maximum atomic E-state index is 3.13. The summed E-state index contributed by atoms with van der Waals surface area (Å²) in [6.45, 7) is 0. The van der Waals surface area contributed by atoms with Crippen molar-refractivity contribution in [2.75, 3.05) is 42.3 Å². The Morgan fingerprint density at radius 3 is 1.08 bits per heavy atom. The van der Waals surface area contributed by atoms with Gasteiger partial charge in [-0.2, -0.15) is 0 Å². The van der Waals surface area contributed by atoms with E-state index in [0.29, 0.717) is 0 Å². The summed E-state index contributed by atoms with van der Waals surface area (Å²) in [4.78, 5) is 0. The normalized spacial score (nSPS) is 12.5. The molecule has 0 heterocycles. The molecule has 3 N–H and O–H groups in total. The van der Waals surface area contributed by atoms with Crippen molar-refractivity contribution in [2.24, 2.45) is 0 Å². The molecule has 0 aliphatic carbocycles. The van der Waals surface area contributed by atoms with Gasteiger partial charge in [0, 0.05) is 0 Å². The molecule has 0 aromatic heterocycles. The van der Waals surface area contributed by atoms with Crippen LogP contribution in [0.25, 0.3) is 0 Å². The molecule has 0 saturated heterocycles. The van der Waals surface area contributed by atoms with Gasteiger partial charge in [-0.25, -0.2) is 14.0 Å². The summed E-state index contributed by atoms with van der Waals surface area (Å²) in [5, 5.41) is 0. The Morgan fingerprint density at radius 2 is 0.923 bits per heavy atom. The van der Waals surface area contributed by atoms with Gasteiger partial charge in [0.2, 0.25) is 0 Å². The summed E-state index contributed by atoms with van der Waals surface area (Å²) in [6, 6.07) is 0. The number of hydrazine groups is 3. The lowest BCUT2D eigenvalue weighted by Crippen LogP contribution is -2.67. The standard InChI is InChI=1S/C6H22N6Si/c1-7-10(4)13(11(5)8-2)12(6)9-3/h7-9,13H,1-6H3. The Balaban J connectivity index is 4.34. The second-order valence-corrected chi connectivity index (χ2v) is 5.87. The molecule has 0 aliphatic rings. The summed E-state index contributed by atoms with van der Waals surface area (Å²) < 4.78 is 6.35. The zero-order chi connectivity index (χ0) is 10.4. The number of nitrogens with one attached hydrogen (secondary N) is 3. The highest BCUT2D eigenvalue weighted by molar-refractivity contribution is 6.48. The third-order valence-corrected chi connectivity index (χ3v) is 4.95. The van der Waals surface area contributed by atoms with Gasteiger partial charge in [-0.05, 0) is 42.3 Å². The fraction of sp³-hybridized carbons (Fsp3) is 1.00. The lowest BCUT2D eigenvalue weighted by atomic mass is 11.4.